The molecular weight excluding hydrogens is 1760 g/mol. The SMILES string of the molecule is CCCCCCCCCCc1ccsc1-c1cnc(-c2ncc(-c3sc(-c4cc(CCCCCCCCCC)c(-c5cc6ccc7c(ccc8cc(-c9sc(-c%10cc(CCCCCCCCCC)c(-c%11cnc(-c%12ncc(-c%13sccc%13CCCCCCCCCC)s%12)s%11)s%10)cc9CCCCCCCCCC)sc87)c6s5)s4)cc3CCCCCCCCCC)s2)s1. The molecule has 0 bridgehead atoms. The molecule has 12 heterocycles. The van der Waals surface area contributed by atoms with E-state index in [1.807, 2.05) is 90.7 Å². The molecule has 12 aromatic heterocycles. The number of thiazole rings is 4. The molecule has 14 rings (SSSR count). The first-order valence-electron chi connectivity index (χ1n) is 50.2. The van der Waals surface area contributed by atoms with Gasteiger partial charge >= 0.3 is 0 Å². The number of benzene rings is 2. The second-order valence-corrected chi connectivity index (χ2v) is 48.4. The molecule has 0 atom stereocenters. The van der Waals surface area contributed by atoms with Crippen LogP contribution in [0.4, 0.5) is 0 Å². The number of unbranched alkanes of at least 4 members (excludes halogenated alkanes) is 42. The third-order valence-electron chi connectivity index (χ3n) is 25.9. The minimum absolute atomic E-state index is 1.05. The minimum atomic E-state index is 1.05. The molecule has 0 N–H and O–H groups in total. The monoisotopic (exact) mass is 1900 g/mol. The number of hydrogen-bond donors (Lipinski definition) is 0. The van der Waals surface area contributed by atoms with Crippen LogP contribution in [-0.2, 0) is 38.5 Å². The van der Waals surface area contributed by atoms with E-state index in [9.17, 15) is 0 Å². The van der Waals surface area contributed by atoms with E-state index in [1.165, 1.54) is 451 Å². The Morgan fingerprint density at radius 2 is 0.413 bits per heavy atom. The third kappa shape index (κ3) is 27.8. The molecular formula is C110H144N4S12. The highest BCUT2D eigenvalue weighted by Crippen LogP contribution is 2.54. The van der Waals surface area contributed by atoms with Crippen molar-refractivity contribution in [1.82, 2.24) is 19.9 Å². The van der Waals surface area contributed by atoms with Gasteiger partial charge in [0.1, 0.15) is 0 Å². The van der Waals surface area contributed by atoms with Gasteiger partial charge in [0.25, 0.3) is 0 Å². The first-order chi connectivity index (χ1) is 62.3. The molecule has 0 radical (unpaired) electrons. The Morgan fingerprint density at radius 1 is 0.190 bits per heavy atom. The average Bonchev–Trinajstić information content (AvgIpc) is 1.58. The van der Waals surface area contributed by atoms with Gasteiger partial charge in [-0.15, -0.1) is 136 Å². The summed E-state index contributed by atoms with van der Waals surface area (Å²) < 4.78 is 2.85. The first-order valence-corrected chi connectivity index (χ1v) is 60.1. The summed E-state index contributed by atoms with van der Waals surface area (Å²) in [5.41, 5.74) is 9.05. The minimum Gasteiger partial charge on any atom is -0.241 e. The highest BCUT2D eigenvalue weighted by Gasteiger charge is 2.26. The molecule has 0 saturated carbocycles. The van der Waals surface area contributed by atoms with E-state index in [2.05, 4.69) is 195 Å². The number of aromatic nitrogens is 4. The molecule has 2 aromatic carbocycles. The Balaban J connectivity index is 0.746. The highest BCUT2D eigenvalue weighted by molar-refractivity contribution is 7.33. The average molecular weight is 1910 g/mol. The fraction of sp³-hybridized carbons (Fsp3) is 0.545. The van der Waals surface area contributed by atoms with Crippen LogP contribution in [0.2, 0.25) is 0 Å². The lowest BCUT2D eigenvalue weighted by Crippen LogP contribution is -1.86. The summed E-state index contributed by atoms with van der Waals surface area (Å²) in [7, 11) is 0. The predicted molar refractivity (Wildman–Crippen MR) is 577 cm³/mol. The second-order valence-electron chi connectivity index (χ2n) is 36.2. The first kappa shape index (κ1) is 97.4. The zero-order valence-electron chi connectivity index (χ0n) is 77.3. The lowest BCUT2D eigenvalue weighted by Gasteiger charge is -2.03. The fourth-order valence-electron chi connectivity index (χ4n) is 18.5. The van der Waals surface area contributed by atoms with Gasteiger partial charge in [-0.25, -0.2) is 19.9 Å². The smallest absolute Gasteiger partial charge is 0.152 e. The van der Waals surface area contributed by atoms with Crippen molar-refractivity contribution in [2.45, 2.75) is 388 Å². The molecule has 676 valence electrons. The van der Waals surface area contributed by atoms with Gasteiger partial charge in [0.15, 0.2) is 20.0 Å². The number of hydrogen-bond acceptors (Lipinski definition) is 16. The summed E-state index contributed by atoms with van der Waals surface area (Å²) in [6.45, 7) is 14.0. The molecule has 4 nitrogen and oxygen atoms in total. The van der Waals surface area contributed by atoms with Crippen molar-refractivity contribution in [3.05, 3.63) is 142 Å². The molecule has 126 heavy (non-hydrogen) atoms. The van der Waals surface area contributed by atoms with Crippen LogP contribution in [0.5, 0.6) is 0 Å². The van der Waals surface area contributed by atoms with Crippen molar-refractivity contribution in [3.63, 3.8) is 0 Å². The van der Waals surface area contributed by atoms with Gasteiger partial charge < -0.3 is 0 Å². The maximum absolute atomic E-state index is 5.22. The molecule has 0 aliphatic heterocycles. The van der Waals surface area contributed by atoms with E-state index in [0.717, 1.165) is 58.6 Å². The van der Waals surface area contributed by atoms with Crippen LogP contribution in [-0.4, -0.2) is 19.9 Å². The Bertz CT molecular complexity index is 5120. The van der Waals surface area contributed by atoms with Crippen LogP contribution in [0.25, 0.3) is 129 Å². The maximum atomic E-state index is 5.22. The fourth-order valence-corrected chi connectivity index (χ4v) is 32.3. The Morgan fingerprint density at radius 3 is 0.667 bits per heavy atom. The summed E-state index contributed by atoms with van der Waals surface area (Å²) in [4.78, 5) is 43.0. The van der Waals surface area contributed by atoms with E-state index < -0.39 is 0 Å². The van der Waals surface area contributed by atoms with Crippen LogP contribution in [0.1, 0.15) is 383 Å². The van der Waals surface area contributed by atoms with Crippen molar-refractivity contribution in [2.75, 3.05) is 0 Å². The van der Waals surface area contributed by atoms with Gasteiger partial charge in [-0.05, 0) is 180 Å². The number of aryl methyl sites for hydroxylation is 6. The van der Waals surface area contributed by atoms with Crippen LogP contribution < -0.4 is 0 Å². The van der Waals surface area contributed by atoms with E-state index in [0.29, 0.717) is 0 Å². The molecule has 0 fully saturated rings. The summed E-state index contributed by atoms with van der Waals surface area (Å²) in [5.74, 6) is 0. The molecule has 16 heteroatoms. The standard InChI is InChI=1S/C110H144N4S12/c1-7-13-19-25-31-37-43-49-55-79-65-67-115-101(79)95-75-111-107(123-95)109-113-77-97(125-109)105-83(59-53-47-41-35-29-23-17-11-5)71-91(119-105)89-69-81(57-51-45-39-33-27-21-15-9-3)103(117-89)93-73-85-61-63-88-87(99(85)121-93)64-62-86-74-94(122-100(86)88)104-82(58-52-46-40-34-28-22-16-10-4)70-90(118-104)92-72-84(60-54-48-42-36-30-24-18-12-6)106(120-92)98-78-114-110(126-98)108-112-76-96(124-108)102-80(66-68-116-102)56-50-44-38-32-26-20-14-8-2/h61-78H,7-60H2,1-6H3. The van der Waals surface area contributed by atoms with E-state index in [4.69, 9.17) is 19.9 Å². The molecule has 0 unspecified atom stereocenters. The van der Waals surface area contributed by atoms with Gasteiger partial charge in [-0.3, -0.25) is 0 Å². The van der Waals surface area contributed by atoms with Crippen molar-refractivity contribution in [3.8, 4) is 98.1 Å². The van der Waals surface area contributed by atoms with Gasteiger partial charge in [0.05, 0.1) is 19.5 Å². The largest absolute Gasteiger partial charge is 0.241 e. The van der Waals surface area contributed by atoms with Crippen LogP contribution >= 0.6 is 136 Å². The van der Waals surface area contributed by atoms with Gasteiger partial charge in [-0.1, -0.05) is 335 Å². The predicted octanol–water partition coefficient (Wildman–Crippen LogP) is 42.2. The van der Waals surface area contributed by atoms with Gasteiger partial charge in [-0.2, -0.15) is 0 Å². The summed E-state index contributed by atoms with van der Waals surface area (Å²) >= 11 is 23.4. The number of fused-ring (bicyclic) bond motifs is 5. The topological polar surface area (TPSA) is 51.6 Å². The van der Waals surface area contributed by atoms with Crippen LogP contribution in [0.3, 0.4) is 0 Å². The molecule has 0 amide bonds. The highest BCUT2D eigenvalue weighted by atomic mass is 32.1. The molecule has 0 spiro atoms. The Labute approximate surface area is 807 Å². The van der Waals surface area contributed by atoms with Crippen LogP contribution in [0, 0.1) is 0 Å². The maximum Gasteiger partial charge on any atom is 0.152 e. The second kappa shape index (κ2) is 53.3. The summed E-state index contributed by atoms with van der Waals surface area (Å²) in [6.07, 6.45) is 79.5. The summed E-state index contributed by atoms with van der Waals surface area (Å²) in [6, 6.07) is 30.3. The number of rotatable bonds is 64. The summed E-state index contributed by atoms with van der Waals surface area (Å²) in [5, 5.41) is 14.3. The molecule has 0 saturated heterocycles. The van der Waals surface area contributed by atoms with E-state index in [1.54, 1.807) is 0 Å². The number of thiophene rings is 8. The lowest BCUT2D eigenvalue weighted by molar-refractivity contribution is 0.576. The van der Waals surface area contributed by atoms with Crippen molar-refractivity contribution in [2.24, 2.45) is 0 Å². The molecule has 0 aliphatic rings. The zero-order chi connectivity index (χ0) is 86.7. The quantitative estimate of drug-likeness (QED) is 0.0357. The van der Waals surface area contributed by atoms with Gasteiger partial charge in [0, 0.05) is 103 Å². The van der Waals surface area contributed by atoms with Crippen molar-refractivity contribution < 1.29 is 0 Å². The number of nitrogens with zero attached hydrogens (tertiary/aromatic N) is 4. The Kier molecular flexibility index (Phi) is 41.2. The normalized spacial score (nSPS) is 12.0. The van der Waals surface area contributed by atoms with E-state index >= 15 is 0 Å². The van der Waals surface area contributed by atoms with Gasteiger partial charge in [0.2, 0.25) is 0 Å². The zero-order valence-corrected chi connectivity index (χ0v) is 87.1. The van der Waals surface area contributed by atoms with Crippen LogP contribution in [0.15, 0.2) is 108 Å². The molecule has 14 aromatic rings. The Hall–Kier alpha value is -4.66. The lowest BCUT2D eigenvalue weighted by atomic mass is 10.0. The third-order valence-corrected chi connectivity index (χ3v) is 40.6. The molecule has 0 aliphatic carbocycles. The van der Waals surface area contributed by atoms with Crippen molar-refractivity contribution >= 4 is 167 Å². The van der Waals surface area contributed by atoms with Crippen molar-refractivity contribution in [1.29, 1.82) is 0 Å². The van der Waals surface area contributed by atoms with E-state index in [-0.39, 0.29) is 0 Å².